The van der Waals surface area contributed by atoms with E-state index in [1.54, 1.807) is 25.1 Å². The smallest absolute Gasteiger partial charge is 0.319 e. The summed E-state index contributed by atoms with van der Waals surface area (Å²) in [6.45, 7) is 3.87. The van der Waals surface area contributed by atoms with Gasteiger partial charge in [0.1, 0.15) is 5.54 Å². The van der Waals surface area contributed by atoms with E-state index < -0.39 is 5.54 Å². The number of aryl methyl sites for hydroxylation is 1. The molecule has 1 N–H and O–H groups in total. The number of amides is 3. The molecule has 1 atom stereocenters. The van der Waals surface area contributed by atoms with Gasteiger partial charge in [-0.05, 0) is 42.7 Å². The summed E-state index contributed by atoms with van der Waals surface area (Å²) in [5.41, 5.74) is 1.55. The van der Waals surface area contributed by atoms with Crippen molar-refractivity contribution in [3.05, 3.63) is 70.2 Å². The van der Waals surface area contributed by atoms with Crippen LogP contribution in [0.2, 0.25) is 5.02 Å². The number of nitrogens with zero attached hydrogens (tertiary/aromatic N) is 1. The summed E-state index contributed by atoms with van der Waals surface area (Å²) in [5, 5.41) is 3.41. The fourth-order valence-corrected chi connectivity index (χ4v) is 3.19. The topological polar surface area (TPSA) is 49.4 Å². The molecular formula is C18H17ClN2O2. The first-order chi connectivity index (χ1) is 10.9. The third kappa shape index (κ3) is 2.70. The van der Waals surface area contributed by atoms with Crippen molar-refractivity contribution in [2.75, 3.05) is 0 Å². The molecule has 0 bridgehead atoms. The number of hydrogen-bond donors (Lipinski definition) is 1. The van der Waals surface area contributed by atoms with Crippen molar-refractivity contribution < 1.29 is 9.59 Å². The van der Waals surface area contributed by atoms with Gasteiger partial charge in [0.05, 0.1) is 6.54 Å². The van der Waals surface area contributed by atoms with Gasteiger partial charge in [0.2, 0.25) is 0 Å². The molecule has 1 fully saturated rings. The van der Waals surface area contributed by atoms with Crippen LogP contribution in [0, 0.1) is 6.92 Å². The standard InChI is InChI=1S/C18H17ClN2O2/c1-12-6-3-4-9-15(12)18(2)16(22)21(17(23)20-18)11-13-7-5-8-14(19)10-13/h3-10H,11H2,1-2H3,(H,20,23). The molecule has 1 aliphatic heterocycles. The van der Waals surface area contributed by atoms with Crippen LogP contribution in [-0.4, -0.2) is 16.8 Å². The summed E-state index contributed by atoms with van der Waals surface area (Å²) in [6.07, 6.45) is 0. The third-order valence-electron chi connectivity index (χ3n) is 4.19. The average molecular weight is 329 g/mol. The minimum atomic E-state index is -1.04. The van der Waals surface area contributed by atoms with Crippen molar-refractivity contribution in [1.29, 1.82) is 0 Å². The Balaban J connectivity index is 1.92. The number of imide groups is 1. The van der Waals surface area contributed by atoms with Crippen molar-refractivity contribution in [3.63, 3.8) is 0 Å². The number of urea groups is 1. The second kappa shape index (κ2) is 5.70. The van der Waals surface area contributed by atoms with Crippen LogP contribution >= 0.6 is 11.6 Å². The van der Waals surface area contributed by atoms with Gasteiger partial charge in [0.25, 0.3) is 5.91 Å². The van der Waals surface area contributed by atoms with Crippen LogP contribution in [0.25, 0.3) is 0 Å². The molecule has 0 aromatic heterocycles. The van der Waals surface area contributed by atoms with Gasteiger partial charge in [-0.15, -0.1) is 0 Å². The van der Waals surface area contributed by atoms with Gasteiger partial charge >= 0.3 is 6.03 Å². The summed E-state index contributed by atoms with van der Waals surface area (Å²) in [4.78, 5) is 26.5. The Labute approximate surface area is 140 Å². The van der Waals surface area contributed by atoms with Crippen molar-refractivity contribution >= 4 is 23.5 Å². The van der Waals surface area contributed by atoms with E-state index in [-0.39, 0.29) is 18.5 Å². The van der Waals surface area contributed by atoms with E-state index in [1.807, 2.05) is 37.3 Å². The van der Waals surface area contributed by atoms with Gasteiger partial charge in [0.15, 0.2) is 0 Å². The predicted octanol–water partition coefficient (Wildman–Crippen LogP) is 3.62. The molecule has 1 aliphatic rings. The van der Waals surface area contributed by atoms with Crippen LogP contribution in [0.3, 0.4) is 0 Å². The van der Waals surface area contributed by atoms with Crippen LogP contribution in [-0.2, 0) is 16.9 Å². The van der Waals surface area contributed by atoms with E-state index in [0.717, 1.165) is 16.7 Å². The highest BCUT2D eigenvalue weighted by Crippen LogP contribution is 2.31. The van der Waals surface area contributed by atoms with Crippen molar-refractivity contribution in [3.8, 4) is 0 Å². The van der Waals surface area contributed by atoms with Gasteiger partial charge in [-0.1, -0.05) is 48.0 Å². The maximum atomic E-state index is 12.9. The zero-order chi connectivity index (χ0) is 16.6. The molecule has 1 saturated heterocycles. The van der Waals surface area contributed by atoms with Crippen LogP contribution in [0.4, 0.5) is 4.79 Å². The van der Waals surface area contributed by atoms with E-state index in [1.165, 1.54) is 4.90 Å². The number of carbonyl (C=O) groups excluding carboxylic acids is 2. The lowest BCUT2D eigenvalue weighted by atomic mass is 9.88. The lowest BCUT2D eigenvalue weighted by Gasteiger charge is -2.24. The number of hydrogen-bond acceptors (Lipinski definition) is 2. The molecule has 3 amide bonds. The normalized spacial score (nSPS) is 20.7. The van der Waals surface area contributed by atoms with Crippen LogP contribution in [0.1, 0.15) is 23.6 Å². The van der Waals surface area contributed by atoms with Gasteiger partial charge in [-0.2, -0.15) is 0 Å². The van der Waals surface area contributed by atoms with Crippen LogP contribution in [0.5, 0.6) is 0 Å². The fraction of sp³-hybridized carbons (Fsp3) is 0.222. The molecule has 23 heavy (non-hydrogen) atoms. The van der Waals surface area contributed by atoms with Gasteiger partial charge < -0.3 is 5.32 Å². The SMILES string of the molecule is Cc1ccccc1C1(C)NC(=O)N(Cc2cccc(Cl)c2)C1=O. The zero-order valence-electron chi connectivity index (χ0n) is 13.0. The molecule has 2 aromatic carbocycles. The van der Waals surface area contributed by atoms with Crippen LogP contribution in [0.15, 0.2) is 48.5 Å². The number of halogens is 1. The second-order valence-electron chi connectivity index (χ2n) is 5.89. The lowest BCUT2D eigenvalue weighted by molar-refractivity contribution is -0.131. The number of rotatable bonds is 3. The highest BCUT2D eigenvalue weighted by atomic mass is 35.5. The fourth-order valence-electron chi connectivity index (χ4n) is 2.97. The van der Waals surface area contributed by atoms with E-state index in [4.69, 9.17) is 11.6 Å². The zero-order valence-corrected chi connectivity index (χ0v) is 13.7. The van der Waals surface area contributed by atoms with Gasteiger partial charge in [-0.3, -0.25) is 9.69 Å². The first kappa shape index (κ1) is 15.6. The molecule has 0 saturated carbocycles. The van der Waals surface area contributed by atoms with Crippen molar-refractivity contribution in [2.24, 2.45) is 0 Å². The summed E-state index contributed by atoms with van der Waals surface area (Å²) in [5.74, 6) is -0.253. The average Bonchev–Trinajstić information content (AvgIpc) is 2.72. The first-order valence-corrected chi connectivity index (χ1v) is 7.74. The Morgan fingerprint density at radius 1 is 1.13 bits per heavy atom. The van der Waals surface area contributed by atoms with Gasteiger partial charge in [-0.25, -0.2) is 4.79 Å². The highest BCUT2D eigenvalue weighted by molar-refractivity contribution is 6.30. The minimum absolute atomic E-state index is 0.201. The quantitative estimate of drug-likeness (QED) is 0.875. The van der Waals surface area contributed by atoms with E-state index in [2.05, 4.69) is 5.32 Å². The Hall–Kier alpha value is -2.33. The lowest BCUT2D eigenvalue weighted by Crippen LogP contribution is -2.41. The van der Waals surface area contributed by atoms with Crippen molar-refractivity contribution in [2.45, 2.75) is 25.9 Å². The van der Waals surface area contributed by atoms with E-state index in [9.17, 15) is 9.59 Å². The Kier molecular flexibility index (Phi) is 3.86. The molecule has 5 heteroatoms. The second-order valence-corrected chi connectivity index (χ2v) is 6.33. The third-order valence-corrected chi connectivity index (χ3v) is 4.42. The summed E-state index contributed by atoms with van der Waals surface area (Å²) < 4.78 is 0. The molecule has 0 aliphatic carbocycles. The monoisotopic (exact) mass is 328 g/mol. The Morgan fingerprint density at radius 3 is 2.57 bits per heavy atom. The van der Waals surface area contributed by atoms with Crippen LogP contribution < -0.4 is 5.32 Å². The van der Waals surface area contributed by atoms with Crippen molar-refractivity contribution in [1.82, 2.24) is 10.2 Å². The number of carbonyl (C=O) groups is 2. The molecule has 118 valence electrons. The largest absolute Gasteiger partial charge is 0.325 e. The Bertz CT molecular complexity index is 790. The minimum Gasteiger partial charge on any atom is -0.319 e. The number of nitrogens with one attached hydrogen (secondary N) is 1. The molecule has 1 unspecified atom stereocenters. The first-order valence-electron chi connectivity index (χ1n) is 7.36. The molecule has 4 nitrogen and oxygen atoms in total. The van der Waals surface area contributed by atoms with Gasteiger partial charge in [0, 0.05) is 5.02 Å². The molecule has 2 aromatic rings. The summed E-state index contributed by atoms with van der Waals surface area (Å²) >= 11 is 5.97. The maximum absolute atomic E-state index is 12.9. The van der Waals surface area contributed by atoms with E-state index >= 15 is 0 Å². The molecule has 3 rings (SSSR count). The number of benzene rings is 2. The molecular weight excluding hydrogens is 312 g/mol. The summed E-state index contributed by atoms with van der Waals surface area (Å²) in [7, 11) is 0. The molecule has 1 heterocycles. The molecule has 0 spiro atoms. The Morgan fingerprint density at radius 2 is 1.87 bits per heavy atom. The maximum Gasteiger partial charge on any atom is 0.325 e. The molecule has 0 radical (unpaired) electrons. The highest BCUT2D eigenvalue weighted by Gasteiger charge is 2.49. The summed E-state index contributed by atoms with van der Waals surface area (Å²) in [6, 6.07) is 14.4. The predicted molar refractivity (Wildman–Crippen MR) is 89.1 cm³/mol. The van der Waals surface area contributed by atoms with E-state index in [0.29, 0.717) is 5.02 Å².